The van der Waals surface area contributed by atoms with Gasteiger partial charge in [0.2, 0.25) is 0 Å². The number of β-amino-alcohol motifs (C(OH)–C–C–N with tert-alkyl or cyclic N) is 1. The van der Waals surface area contributed by atoms with Crippen molar-refractivity contribution in [3.8, 4) is 11.5 Å². The van der Waals surface area contributed by atoms with Gasteiger partial charge in [-0.3, -0.25) is 9.80 Å². The Balaban J connectivity index is 1.43. The molecule has 0 aliphatic carbocycles. The summed E-state index contributed by atoms with van der Waals surface area (Å²) in [6.45, 7) is 2.90. The van der Waals surface area contributed by atoms with Crippen LogP contribution in [0.1, 0.15) is 17.7 Å². The summed E-state index contributed by atoms with van der Waals surface area (Å²) in [6.07, 6.45) is 0.292. The minimum Gasteiger partial charge on any atom is -0.492 e. The van der Waals surface area contributed by atoms with Crippen LogP contribution in [0.4, 0.5) is 13.2 Å². The predicted molar refractivity (Wildman–Crippen MR) is 137 cm³/mol. The quantitative estimate of drug-likeness (QED) is 0.266. The number of likely N-dealkylation sites (tertiary alicyclic amines) is 1. The Hall–Kier alpha value is -2.84. The summed E-state index contributed by atoms with van der Waals surface area (Å²) in [6, 6.07) is 13.5. The molecule has 3 N–H and O–H groups in total. The van der Waals surface area contributed by atoms with Crippen molar-refractivity contribution in [2.75, 3.05) is 45.9 Å². The molecule has 9 nitrogen and oxygen atoms in total. The monoisotopic (exact) mass is 569 g/mol. The van der Waals surface area contributed by atoms with Crippen molar-refractivity contribution in [1.29, 1.82) is 0 Å². The van der Waals surface area contributed by atoms with Gasteiger partial charge in [0.15, 0.2) is 0 Å². The molecule has 1 saturated heterocycles. The number of H-pyrrole nitrogens is 1. The molecule has 3 heterocycles. The first-order valence-corrected chi connectivity index (χ1v) is 14.0. The van der Waals surface area contributed by atoms with E-state index in [1.165, 1.54) is 18.2 Å². The Morgan fingerprint density at radius 3 is 2.59 bits per heavy atom. The minimum absolute atomic E-state index is 0.248. The van der Waals surface area contributed by atoms with Gasteiger partial charge >= 0.3 is 15.6 Å². The molecule has 1 aromatic heterocycles. The van der Waals surface area contributed by atoms with E-state index in [-0.39, 0.29) is 13.2 Å². The fraction of sp³-hybridized carbons (Fsp3) is 0.462. The van der Waals surface area contributed by atoms with Crippen LogP contribution in [0.25, 0.3) is 10.9 Å². The summed E-state index contributed by atoms with van der Waals surface area (Å²) in [4.78, 5) is 7.83. The maximum absolute atomic E-state index is 12.9. The second kappa shape index (κ2) is 10.6. The third-order valence-electron chi connectivity index (χ3n) is 7.46. The average molecular weight is 570 g/mol. The normalized spacial score (nSPS) is 21.4. The molecule has 2 aliphatic heterocycles. The maximum Gasteiger partial charge on any atom is 0.534 e. The van der Waals surface area contributed by atoms with Crippen LogP contribution in [0.2, 0.25) is 0 Å². The standard InChI is InChI=1S/C26H30F3N3O6S/c27-26(28,29)39(35,36)38-20-6-7-23-22(14-20)21-8-10-32(15-18(34)16-33)25(24(21)30-23)9-11-31(17-25)12-13-37-19-4-2-1-3-5-19/h1-7,14,18,30,33-34H,8-13,15-17H2. The van der Waals surface area contributed by atoms with Crippen molar-refractivity contribution in [3.05, 3.63) is 59.8 Å². The van der Waals surface area contributed by atoms with Crippen molar-refractivity contribution in [2.45, 2.75) is 30.0 Å². The van der Waals surface area contributed by atoms with Crippen LogP contribution in [0.3, 0.4) is 0 Å². The first-order chi connectivity index (χ1) is 18.5. The molecule has 39 heavy (non-hydrogen) atoms. The van der Waals surface area contributed by atoms with Gasteiger partial charge in [-0.25, -0.2) is 0 Å². The van der Waals surface area contributed by atoms with Gasteiger partial charge in [-0.1, -0.05) is 18.2 Å². The number of ether oxygens (including phenoxy) is 1. The van der Waals surface area contributed by atoms with Gasteiger partial charge in [-0.2, -0.15) is 21.6 Å². The van der Waals surface area contributed by atoms with E-state index >= 15 is 0 Å². The van der Waals surface area contributed by atoms with Gasteiger partial charge in [0.05, 0.1) is 18.2 Å². The van der Waals surface area contributed by atoms with E-state index in [9.17, 15) is 31.8 Å². The first kappa shape index (κ1) is 27.7. The predicted octanol–water partition coefficient (Wildman–Crippen LogP) is 2.59. The Kier molecular flexibility index (Phi) is 7.55. The number of aliphatic hydroxyl groups excluding tert-OH is 2. The molecule has 0 amide bonds. The first-order valence-electron chi connectivity index (χ1n) is 12.6. The number of benzene rings is 2. The number of aliphatic hydroxyl groups is 2. The number of para-hydroxylation sites is 1. The number of hydrogen-bond donors (Lipinski definition) is 3. The summed E-state index contributed by atoms with van der Waals surface area (Å²) in [5, 5.41) is 20.4. The highest BCUT2D eigenvalue weighted by Crippen LogP contribution is 2.45. The lowest BCUT2D eigenvalue weighted by molar-refractivity contribution is -0.0500. The Morgan fingerprint density at radius 1 is 1.10 bits per heavy atom. The summed E-state index contributed by atoms with van der Waals surface area (Å²) < 4.78 is 72.0. The van der Waals surface area contributed by atoms with Crippen molar-refractivity contribution in [1.82, 2.24) is 14.8 Å². The molecule has 2 aromatic carbocycles. The molecule has 2 aliphatic rings. The largest absolute Gasteiger partial charge is 0.534 e. The molecule has 1 spiro atoms. The zero-order valence-corrected chi connectivity index (χ0v) is 21.8. The number of aromatic amines is 1. The number of nitrogens with one attached hydrogen (secondary N) is 1. The zero-order valence-electron chi connectivity index (χ0n) is 21.0. The summed E-state index contributed by atoms with van der Waals surface area (Å²) >= 11 is 0. The van der Waals surface area contributed by atoms with Crippen LogP contribution < -0.4 is 8.92 Å². The molecule has 2 unspecified atom stereocenters. The highest BCUT2D eigenvalue weighted by Gasteiger charge is 2.50. The fourth-order valence-corrected chi connectivity index (χ4v) is 6.09. The summed E-state index contributed by atoms with van der Waals surface area (Å²) in [5.74, 6) is 0.361. The summed E-state index contributed by atoms with van der Waals surface area (Å²) in [5.41, 5.74) is -3.69. The lowest BCUT2D eigenvalue weighted by Crippen LogP contribution is -2.55. The Bertz CT molecular complexity index is 1420. The molecule has 2 atom stereocenters. The maximum atomic E-state index is 12.9. The van der Waals surface area contributed by atoms with Crippen LogP contribution in [-0.4, -0.2) is 91.0 Å². The van der Waals surface area contributed by atoms with E-state index < -0.39 is 33.0 Å². The SMILES string of the molecule is O=S(=O)(Oc1ccc2[nH]c3c(c2c1)CCN(CC(O)CO)C31CCN(CCOc2ccccc2)C1)C(F)(F)F. The van der Waals surface area contributed by atoms with Crippen molar-refractivity contribution < 1.29 is 40.7 Å². The van der Waals surface area contributed by atoms with E-state index in [0.717, 1.165) is 23.6 Å². The van der Waals surface area contributed by atoms with E-state index in [0.29, 0.717) is 50.0 Å². The molecule has 1 fully saturated rings. The van der Waals surface area contributed by atoms with Crippen molar-refractivity contribution in [3.63, 3.8) is 0 Å². The van der Waals surface area contributed by atoms with Gasteiger partial charge < -0.3 is 24.1 Å². The van der Waals surface area contributed by atoms with Gasteiger partial charge in [-0.05, 0) is 48.7 Å². The number of aromatic nitrogens is 1. The van der Waals surface area contributed by atoms with Crippen LogP contribution in [-0.2, 0) is 22.1 Å². The fourth-order valence-electron chi connectivity index (χ4n) is 5.64. The molecular weight excluding hydrogens is 539 g/mol. The molecule has 0 radical (unpaired) electrons. The third-order valence-corrected chi connectivity index (χ3v) is 8.44. The molecular formula is C26H30F3N3O6S. The molecule has 0 bridgehead atoms. The number of fused-ring (bicyclic) bond motifs is 4. The van der Waals surface area contributed by atoms with E-state index in [4.69, 9.17) is 4.74 Å². The molecule has 5 rings (SSSR count). The van der Waals surface area contributed by atoms with E-state index in [2.05, 4.69) is 19.0 Å². The van der Waals surface area contributed by atoms with Crippen LogP contribution in [0, 0.1) is 0 Å². The second-order valence-electron chi connectivity index (χ2n) is 9.92. The van der Waals surface area contributed by atoms with Gasteiger partial charge in [0.25, 0.3) is 0 Å². The molecule has 13 heteroatoms. The number of hydrogen-bond acceptors (Lipinski definition) is 8. The van der Waals surface area contributed by atoms with Crippen molar-refractivity contribution >= 4 is 21.0 Å². The van der Waals surface area contributed by atoms with Crippen LogP contribution >= 0.6 is 0 Å². The second-order valence-corrected chi connectivity index (χ2v) is 11.5. The van der Waals surface area contributed by atoms with Crippen LogP contribution in [0.15, 0.2) is 48.5 Å². The zero-order chi connectivity index (χ0) is 27.8. The van der Waals surface area contributed by atoms with E-state index in [1.54, 1.807) is 0 Å². The smallest absolute Gasteiger partial charge is 0.492 e. The van der Waals surface area contributed by atoms with Gasteiger partial charge in [0, 0.05) is 49.3 Å². The highest BCUT2D eigenvalue weighted by molar-refractivity contribution is 7.88. The van der Waals surface area contributed by atoms with Gasteiger partial charge in [-0.15, -0.1) is 0 Å². The van der Waals surface area contributed by atoms with Crippen molar-refractivity contribution in [2.24, 2.45) is 0 Å². The average Bonchev–Trinajstić information content (AvgIpc) is 3.48. The number of rotatable bonds is 9. The molecule has 212 valence electrons. The molecule has 0 saturated carbocycles. The third kappa shape index (κ3) is 5.46. The highest BCUT2D eigenvalue weighted by atomic mass is 32.2. The molecule has 3 aromatic rings. The van der Waals surface area contributed by atoms with Crippen LogP contribution in [0.5, 0.6) is 11.5 Å². The number of alkyl halides is 3. The summed E-state index contributed by atoms with van der Waals surface area (Å²) in [7, 11) is -5.80. The lowest BCUT2D eigenvalue weighted by Gasteiger charge is -2.45. The number of nitrogens with zero attached hydrogens (tertiary/aromatic N) is 2. The lowest BCUT2D eigenvalue weighted by atomic mass is 9.83. The van der Waals surface area contributed by atoms with Gasteiger partial charge in [0.1, 0.15) is 18.1 Å². The topological polar surface area (TPSA) is 115 Å². The Morgan fingerprint density at radius 2 is 1.87 bits per heavy atom. The number of halogens is 3. The Labute approximate surface area is 223 Å². The minimum atomic E-state index is -5.80. The van der Waals surface area contributed by atoms with E-state index in [1.807, 2.05) is 30.3 Å².